The molecule has 6 heteroatoms. The first-order valence-electron chi connectivity index (χ1n) is 6.85. The summed E-state index contributed by atoms with van der Waals surface area (Å²) >= 11 is 0. The fourth-order valence-electron chi connectivity index (χ4n) is 3.57. The minimum Gasteiger partial charge on any atom is -0.511 e. The number of esters is 1. The van der Waals surface area contributed by atoms with Crippen LogP contribution in [0.1, 0.15) is 13.3 Å². The first-order valence-corrected chi connectivity index (χ1v) is 6.85. The highest BCUT2D eigenvalue weighted by atomic mass is 16.6. The van der Waals surface area contributed by atoms with Crippen LogP contribution in [0.4, 0.5) is 0 Å². The number of ether oxygens (including phenoxy) is 1. The van der Waals surface area contributed by atoms with Gasteiger partial charge in [0.15, 0.2) is 5.60 Å². The molecule has 6 nitrogen and oxygen atoms in total. The van der Waals surface area contributed by atoms with Crippen LogP contribution in [0.5, 0.6) is 0 Å². The van der Waals surface area contributed by atoms with Crippen molar-refractivity contribution >= 4 is 5.97 Å². The van der Waals surface area contributed by atoms with Crippen molar-refractivity contribution in [3.8, 4) is 0 Å². The fourth-order valence-corrected chi connectivity index (χ4v) is 3.57. The molecule has 4 N–H and O–H groups in total. The Morgan fingerprint density at radius 3 is 2.67 bits per heavy atom. The molecule has 3 rings (SSSR count). The van der Waals surface area contributed by atoms with Crippen LogP contribution in [0.3, 0.4) is 0 Å². The first kappa shape index (κ1) is 14.3. The molecule has 21 heavy (non-hydrogen) atoms. The van der Waals surface area contributed by atoms with Crippen LogP contribution in [0.2, 0.25) is 0 Å². The van der Waals surface area contributed by atoms with Gasteiger partial charge in [-0.3, -0.25) is 0 Å². The third-order valence-corrected chi connectivity index (χ3v) is 4.89. The van der Waals surface area contributed by atoms with Crippen molar-refractivity contribution in [2.75, 3.05) is 13.2 Å². The highest BCUT2D eigenvalue weighted by Crippen LogP contribution is 2.53. The van der Waals surface area contributed by atoms with Gasteiger partial charge in [-0.25, -0.2) is 4.79 Å². The summed E-state index contributed by atoms with van der Waals surface area (Å²) in [4.78, 5) is 11.8. The molecule has 114 valence electrons. The van der Waals surface area contributed by atoms with E-state index in [4.69, 9.17) is 4.74 Å². The summed E-state index contributed by atoms with van der Waals surface area (Å²) in [5, 5.41) is 39.7. The highest BCUT2D eigenvalue weighted by molar-refractivity contribution is 5.83. The van der Waals surface area contributed by atoms with Crippen LogP contribution in [-0.2, 0) is 9.53 Å². The molecule has 0 aromatic carbocycles. The molecule has 0 radical (unpaired) electrons. The van der Waals surface area contributed by atoms with Crippen LogP contribution in [-0.4, -0.2) is 51.3 Å². The molecule has 1 heterocycles. The van der Waals surface area contributed by atoms with Gasteiger partial charge in [-0.05, 0) is 24.1 Å². The van der Waals surface area contributed by atoms with E-state index in [0.717, 1.165) is 5.57 Å². The molecule has 2 aliphatic carbocycles. The van der Waals surface area contributed by atoms with Gasteiger partial charge in [-0.2, -0.15) is 0 Å². The molecule has 1 fully saturated rings. The molecule has 4 unspecified atom stereocenters. The van der Waals surface area contributed by atoms with Crippen molar-refractivity contribution in [2.24, 2.45) is 11.3 Å². The van der Waals surface area contributed by atoms with Crippen molar-refractivity contribution in [1.82, 2.24) is 0 Å². The largest absolute Gasteiger partial charge is 0.511 e. The van der Waals surface area contributed by atoms with Gasteiger partial charge in [-0.15, -0.1) is 0 Å². The Kier molecular flexibility index (Phi) is 3.02. The zero-order valence-corrected chi connectivity index (χ0v) is 11.6. The van der Waals surface area contributed by atoms with E-state index in [1.54, 1.807) is 12.2 Å². The Hall–Kier alpha value is -1.63. The van der Waals surface area contributed by atoms with Gasteiger partial charge in [0.25, 0.3) is 0 Å². The molecule has 0 spiro atoms. The van der Waals surface area contributed by atoms with Gasteiger partial charge >= 0.3 is 5.97 Å². The van der Waals surface area contributed by atoms with Crippen LogP contribution in [0, 0.1) is 11.3 Å². The maximum absolute atomic E-state index is 11.8. The number of allylic oxidation sites excluding steroid dienone is 3. The van der Waals surface area contributed by atoms with E-state index in [2.05, 4.69) is 0 Å². The quantitative estimate of drug-likeness (QED) is 0.532. The van der Waals surface area contributed by atoms with Crippen LogP contribution in [0.15, 0.2) is 35.1 Å². The number of aliphatic hydroxyl groups is 4. The van der Waals surface area contributed by atoms with Crippen molar-refractivity contribution in [2.45, 2.75) is 25.0 Å². The third kappa shape index (κ3) is 1.67. The Bertz CT molecular complexity index is 589. The standard InChI is InChI=1S/C15H18O6/c1-8-2-3-12(18)14(6-16)5-11-10(4-9(8)14)15(20,7-17)13(19)21-11/h2-4,10-11,16-18,20H,5-7H2,1H3. The number of rotatable bonds is 2. The number of aliphatic hydroxyl groups excluding tert-OH is 3. The summed E-state index contributed by atoms with van der Waals surface area (Å²) in [7, 11) is 0. The minimum atomic E-state index is -1.96. The second-order valence-electron chi connectivity index (χ2n) is 5.98. The van der Waals surface area contributed by atoms with E-state index >= 15 is 0 Å². The van der Waals surface area contributed by atoms with E-state index in [-0.39, 0.29) is 18.8 Å². The zero-order valence-electron chi connectivity index (χ0n) is 11.6. The van der Waals surface area contributed by atoms with E-state index in [1.807, 2.05) is 6.92 Å². The SMILES string of the molecule is CC1=CC=C(O)C2(CO)CC3OC(=O)C(O)(CO)C3C=C12. The molecule has 1 aliphatic heterocycles. The highest BCUT2D eigenvalue weighted by Gasteiger charge is 2.60. The van der Waals surface area contributed by atoms with Crippen LogP contribution < -0.4 is 0 Å². The lowest BCUT2D eigenvalue weighted by molar-refractivity contribution is -0.158. The summed E-state index contributed by atoms with van der Waals surface area (Å²) in [6.45, 7) is 0.771. The van der Waals surface area contributed by atoms with Crippen molar-refractivity contribution in [3.05, 3.63) is 35.1 Å². The number of carbonyl (C=O) groups excluding carboxylic acids is 1. The topological polar surface area (TPSA) is 107 Å². The Labute approximate surface area is 121 Å². The average Bonchev–Trinajstić information content (AvgIpc) is 2.73. The lowest BCUT2D eigenvalue weighted by atomic mass is 9.62. The van der Waals surface area contributed by atoms with Gasteiger partial charge in [-0.1, -0.05) is 12.2 Å². The lowest BCUT2D eigenvalue weighted by Crippen LogP contribution is -2.49. The number of hydrogen-bond acceptors (Lipinski definition) is 6. The zero-order chi connectivity index (χ0) is 15.4. The molecule has 1 saturated heterocycles. The molecule has 0 amide bonds. The van der Waals surface area contributed by atoms with Gasteiger partial charge in [0, 0.05) is 6.42 Å². The second kappa shape index (κ2) is 4.43. The first-order chi connectivity index (χ1) is 9.89. The molecule has 4 atom stereocenters. The monoisotopic (exact) mass is 294 g/mol. The summed E-state index contributed by atoms with van der Waals surface area (Å²) in [6.07, 6.45) is 4.36. The van der Waals surface area contributed by atoms with Crippen LogP contribution >= 0.6 is 0 Å². The maximum atomic E-state index is 11.8. The Balaban J connectivity index is 2.14. The van der Waals surface area contributed by atoms with Crippen molar-refractivity contribution < 1.29 is 30.0 Å². The lowest BCUT2D eigenvalue weighted by Gasteiger charge is -2.43. The van der Waals surface area contributed by atoms with E-state index in [0.29, 0.717) is 5.57 Å². The van der Waals surface area contributed by atoms with Gasteiger partial charge in [0.2, 0.25) is 0 Å². The molecule has 0 aromatic rings. The van der Waals surface area contributed by atoms with E-state index < -0.39 is 35.6 Å². The van der Waals surface area contributed by atoms with Gasteiger partial charge in [0.05, 0.1) is 24.5 Å². The van der Waals surface area contributed by atoms with Gasteiger partial charge < -0.3 is 25.2 Å². The maximum Gasteiger partial charge on any atom is 0.341 e. The fraction of sp³-hybridized carbons (Fsp3) is 0.533. The summed E-state index contributed by atoms with van der Waals surface area (Å²) < 4.78 is 5.17. The van der Waals surface area contributed by atoms with E-state index in [9.17, 15) is 25.2 Å². The summed E-state index contributed by atoms with van der Waals surface area (Å²) in [5.41, 5.74) is -1.48. The normalized spacial score (nSPS) is 41.5. The third-order valence-electron chi connectivity index (χ3n) is 4.89. The number of carbonyl (C=O) groups is 1. The smallest absolute Gasteiger partial charge is 0.341 e. The minimum absolute atomic E-state index is 0.00999. The molecular formula is C15H18O6. The predicted molar refractivity (Wildman–Crippen MR) is 72.1 cm³/mol. The molecule has 0 aromatic heterocycles. The second-order valence-corrected chi connectivity index (χ2v) is 5.98. The molecule has 3 aliphatic rings. The summed E-state index contributed by atoms with van der Waals surface area (Å²) in [5.74, 6) is -1.55. The Morgan fingerprint density at radius 1 is 1.33 bits per heavy atom. The summed E-state index contributed by atoms with van der Waals surface area (Å²) in [6, 6.07) is 0. The number of fused-ring (bicyclic) bond motifs is 2. The molecule has 0 bridgehead atoms. The van der Waals surface area contributed by atoms with Gasteiger partial charge in [0.1, 0.15) is 11.9 Å². The Morgan fingerprint density at radius 2 is 2.05 bits per heavy atom. The van der Waals surface area contributed by atoms with Crippen LogP contribution in [0.25, 0.3) is 0 Å². The molecule has 0 saturated carbocycles. The van der Waals surface area contributed by atoms with Crippen molar-refractivity contribution in [1.29, 1.82) is 0 Å². The van der Waals surface area contributed by atoms with Crippen molar-refractivity contribution in [3.63, 3.8) is 0 Å². The molecular weight excluding hydrogens is 276 g/mol. The predicted octanol–water partition coefficient (Wildman–Crippen LogP) is -0.0380. The van der Waals surface area contributed by atoms with E-state index in [1.165, 1.54) is 6.08 Å². The average molecular weight is 294 g/mol. The number of hydrogen-bond donors (Lipinski definition) is 4.